The molecule has 20 heavy (non-hydrogen) atoms. The van der Waals surface area contributed by atoms with Gasteiger partial charge in [0.1, 0.15) is 0 Å². The number of carbonyl (C=O) groups is 2. The van der Waals surface area contributed by atoms with Gasteiger partial charge in [-0.15, -0.1) is 0 Å². The fraction of sp³-hybridized carbons (Fsp3) is 0.750. The fourth-order valence-electron chi connectivity index (χ4n) is 1.86. The van der Waals surface area contributed by atoms with E-state index in [0.29, 0.717) is 26.0 Å². The quantitative estimate of drug-likeness (QED) is 0.320. The van der Waals surface area contributed by atoms with E-state index >= 15 is 0 Å². The highest BCUT2D eigenvalue weighted by molar-refractivity contribution is 5.81. The van der Waals surface area contributed by atoms with E-state index in [2.05, 4.69) is 18.8 Å². The van der Waals surface area contributed by atoms with Gasteiger partial charge in [0.25, 0.3) is 0 Å². The highest BCUT2D eigenvalue weighted by atomic mass is 16.5. The van der Waals surface area contributed by atoms with Crippen LogP contribution >= 0.6 is 0 Å². The lowest BCUT2D eigenvalue weighted by Crippen LogP contribution is -2.25. The van der Waals surface area contributed by atoms with E-state index in [1.807, 2.05) is 0 Å². The summed E-state index contributed by atoms with van der Waals surface area (Å²) in [5, 5.41) is 2.83. The Balaban J connectivity index is 3.24. The second-order valence-electron chi connectivity index (χ2n) is 4.95. The van der Waals surface area contributed by atoms with E-state index in [1.54, 1.807) is 0 Å². The molecule has 0 aromatic heterocycles. The van der Waals surface area contributed by atoms with E-state index in [4.69, 9.17) is 4.74 Å². The van der Waals surface area contributed by atoms with Crippen LogP contribution in [0.25, 0.3) is 0 Å². The van der Waals surface area contributed by atoms with Crippen molar-refractivity contribution in [1.82, 2.24) is 5.32 Å². The topological polar surface area (TPSA) is 55.4 Å². The highest BCUT2D eigenvalue weighted by Crippen LogP contribution is 2.08. The van der Waals surface area contributed by atoms with Crippen molar-refractivity contribution in [3.05, 3.63) is 12.7 Å². The third kappa shape index (κ3) is 13.1. The first-order chi connectivity index (χ1) is 9.70. The normalized spacial score (nSPS) is 10.1. The van der Waals surface area contributed by atoms with E-state index < -0.39 is 5.97 Å². The van der Waals surface area contributed by atoms with Gasteiger partial charge in [-0.3, -0.25) is 4.79 Å². The molecule has 0 saturated carbocycles. The fourth-order valence-corrected chi connectivity index (χ4v) is 1.86. The number of unbranched alkanes of at least 4 members (excludes halogenated alkanes) is 6. The molecule has 1 amide bonds. The van der Waals surface area contributed by atoms with E-state index in [0.717, 1.165) is 18.9 Å². The number of nitrogens with one attached hydrogen (secondary N) is 1. The second kappa shape index (κ2) is 14.1. The van der Waals surface area contributed by atoms with Crippen molar-refractivity contribution in [2.75, 3.05) is 13.2 Å². The van der Waals surface area contributed by atoms with Crippen molar-refractivity contribution >= 4 is 11.9 Å². The Labute approximate surface area is 123 Å². The monoisotopic (exact) mass is 283 g/mol. The molecule has 0 aliphatic heterocycles. The van der Waals surface area contributed by atoms with Gasteiger partial charge in [0.05, 0.1) is 6.61 Å². The molecular formula is C16H29NO3. The first-order valence-corrected chi connectivity index (χ1v) is 7.76. The third-order valence-corrected chi connectivity index (χ3v) is 3.06. The zero-order valence-corrected chi connectivity index (χ0v) is 12.8. The molecule has 4 nitrogen and oxygen atoms in total. The average molecular weight is 283 g/mol. The van der Waals surface area contributed by atoms with Crippen LogP contribution in [-0.2, 0) is 14.3 Å². The van der Waals surface area contributed by atoms with Crippen molar-refractivity contribution in [2.45, 2.75) is 64.7 Å². The zero-order valence-electron chi connectivity index (χ0n) is 12.8. The van der Waals surface area contributed by atoms with Gasteiger partial charge in [0, 0.05) is 19.0 Å². The first-order valence-electron chi connectivity index (χ1n) is 7.76. The summed E-state index contributed by atoms with van der Waals surface area (Å²) in [6, 6.07) is 0. The van der Waals surface area contributed by atoms with Gasteiger partial charge in [-0.2, -0.15) is 0 Å². The minimum Gasteiger partial charge on any atom is -0.462 e. The molecule has 0 atom stereocenters. The molecule has 116 valence electrons. The molecule has 0 bridgehead atoms. The molecule has 0 fully saturated rings. The molecule has 0 heterocycles. The van der Waals surface area contributed by atoms with Gasteiger partial charge in [-0.25, -0.2) is 4.79 Å². The Morgan fingerprint density at radius 2 is 1.70 bits per heavy atom. The Bertz CT molecular complexity index is 277. The van der Waals surface area contributed by atoms with Gasteiger partial charge < -0.3 is 10.1 Å². The van der Waals surface area contributed by atoms with Crippen molar-refractivity contribution < 1.29 is 14.3 Å². The molecule has 0 aromatic rings. The van der Waals surface area contributed by atoms with Crippen molar-refractivity contribution in [1.29, 1.82) is 0 Å². The number of ether oxygens (including phenoxy) is 1. The number of rotatable bonds is 13. The van der Waals surface area contributed by atoms with Crippen LogP contribution in [0.5, 0.6) is 0 Å². The van der Waals surface area contributed by atoms with Gasteiger partial charge in [0.15, 0.2) is 0 Å². The summed E-state index contributed by atoms with van der Waals surface area (Å²) in [7, 11) is 0. The van der Waals surface area contributed by atoms with E-state index in [-0.39, 0.29) is 5.91 Å². The van der Waals surface area contributed by atoms with Gasteiger partial charge in [-0.05, 0) is 12.8 Å². The molecule has 0 radical (unpaired) electrons. The summed E-state index contributed by atoms with van der Waals surface area (Å²) in [4.78, 5) is 22.2. The summed E-state index contributed by atoms with van der Waals surface area (Å²) in [5.74, 6) is -0.326. The average Bonchev–Trinajstić information content (AvgIpc) is 2.45. The minimum absolute atomic E-state index is 0.0913. The van der Waals surface area contributed by atoms with Crippen LogP contribution in [0.3, 0.4) is 0 Å². The maximum absolute atomic E-state index is 11.5. The molecule has 4 heteroatoms. The standard InChI is InChI=1S/C16H29NO3/c1-3-5-6-7-8-9-10-12-15(18)17-13-11-14-20-16(19)4-2/h4H,2-3,5-14H2,1H3,(H,17,18). The molecule has 0 spiro atoms. The molecule has 0 rings (SSSR count). The van der Waals surface area contributed by atoms with Gasteiger partial charge in [0.2, 0.25) is 5.91 Å². The third-order valence-electron chi connectivity index (χ3n) is 3.06. The SMILES string of the molecule is C=CC(=O)OCCCNC(=O)CCCCCCCCC. The number of amides is 1. The van der Waals surface area contributed by atoms with Crippen LogP contribution < -0.4 is 5.32 Å². The molecule has 0 unspecified atom stereocenters. The first kappa shape index (κ1) is 18.7. The summed E-state index contributed by atoms with van der Waals surface area (Å²) < 4.78 is 4.81. The van der Waals surface area contributed by atoms with Crippen molar-refractivity contribution in [3.63, 3.8) is 0 Å². The Kier molecular flexibility index (Phi) is 13.2. The number of hydrogen-bond donors (Lipinski definition) is 1. The predicted octanol–water partition coefficient (Wildman–Crippen LogP) is 3.36. The predicted molar refractivity (Wildman–Crippen MR) is 81.4 cm³/mol. The molecule has 0 aromatic carbocycles. The Hall–Kier alpha value is -1.32. The summed E-state index contributed by atoms with van der Waals surface area (Å²) >= 11 is 0. The molecule has 1 N–H and O–H groups in total. The molecule has 0 saturated heterocycles. The smallest absolute Gasteiger partial charge is 0.330 e. The number of esters is 1. The van der Waals surface area contributed by atoms with Crippen LogP contribution in [0.1, 0.15) is 64.7 Å². The number of carbonyl (C=O) groups excluding carboxylic acids is 2. The largest absolute Gasteiger partial charge is 0.462 e. The number of hydrogen-bond acceptors (Lipinski definition) is 3. The maximum Gasteiger partial charge on any atom is 0.330 e. The highest BCUT2D eigenvalue weighted by Gasteiger charge is 2.01. The summed E-state index contributed by atoms with van der Waals surface area (Å²) in [6.45, 7) is 6.40. The van der Waals surface area contributed by atoms with E-state index in [1.165, 1.54) is 32.1 Å². The molecule has 0 aliphatic carbocycles. The molecular weight excluding hydrogens is 254 g/mol. The lowest BCUT2D eigenvalue weighted by Gasteiger charge is -2.05. The Morgan fingerprint density at radius 1 is 1.05 bits per heavy atom. The maximum atomic E-state index is 11.5. The Morgan fingerprint density at radius 3 is 2.35 bits per heavy atom. The molecule has 0 aliphatic rings. The van der Waals surface area contributed by atoms with Gasteiger partial charge >= 0.3 is 5.97 Å². The summed E-state index contributed by atoms with van der Waals surface area (Å²) in [5.41, 5.74) is 0. The lowest BCUT2D eigenvalue weighted by molar-refractivity contribution is -0.137. The van der Waals surface area contributed by atoms with Crippen LogP contribution in [-0.4, -0.2) is 25.0 Å². The van der Waals surface area contributed by atoms with Gasteiger partial charge in [-0.1, -0.05) is 52.0 Å². The zero-order chi connectivity index (χ0) is 15.1. The lowest BCUT2D eigenvalue weighted by atomic mass is 10.1. The second-order valence-corrected chi connectivity index (χ2v) is 4.95. The van der Waals surface area contributed by atoms with Crippen LogP contribution in [0.2, 0.25) is 0 Å². The minimum atomic E-state index is -0.417. The summed E-state index contributed by atoms with van der Waals surface area (Å²) in [6.07, 6.45) is 10.9. The van der Waals surface area contributed by atoms with Crippen LogP contribution in [0, 0.1) is 0 Å². The van der Waals surface area contributed by atoms with E-state index in [9.17, 15) is 9.59 Å². The van der Waals surface area contributed by atoms with Crippen LogP contribution in [0.4, 0.5) is 0 Å². The van der Waals surface area contributed by atoms with Crippen molar-refractivity contribution in [2.24, 2.45) is 0 Å². The van der Waals surface area contributed by atoms with Crippen molar-refractivity contribution in [3.8, 4) is 0 Å². The van der Waals surface area contributed by atoms with Crippen LogP contribution in [0.15, 0.2) is 12.7 Å².